The molecular weight excluding hydrogens is 236 g/mol. The van der Waals surface area contributed by atoms with Crippen LogP contribution in [0.3, 0.4) is 0 Å². The molecule has 2 unspecified atom stereocenters. The van der Waals surface area contributed by atoms with Crippen molar-refractivity contribution in [2.75, 3.05) is 13.1 Å². The van der Waals surface area contributed by atoms with E-state index in [0.29, 0.717) is 23.0 Å². The molecule has 0 aromatic heterocycles. The Morgan fingerprint density at radius 3 is 2.58 bits per heavy atom. The first kappa shape index (κ1) is 12.2. The number of carbonyl (C=O) groups excluding carboxylic acids is 1. The fourth-order valence-corrected chi connectivity index (χ4v) is 3.54. The van der Waals surface area contributed by atoms with Gasteiger partial charge in [-0.15, -0.1) is 0 Å². The topological polar surface area (TPSA) is 44.1 Å². The number of nitriles is 1. The Bertz CT molecular complexity index is 520. The van der Waals surface area contributed by atoms with Gasteiger partial charge in [0, 0.05) is 13.1 Å². The molecule has 0 N–H and O–H groups in total. The lowest BCUT2D eigenvalue weighted by atomic mass is 9.78. The number of carbonyl (C=O) groups is 1. The molecule has 2 aliphatic rings. The van der Waals surface area contributed by atoms with Crippen LogP contribution in [-0.4, -0.2) is 23.9 Å². The number of hydrogen-bond acceptors (Lipinski definition) is 2. The van der Waals surface area contributed by atoms with Gasteiger partial charge in [0.15, 0.2) is 0 Å². The minimum absolute atomic E-state index is 0.0359. The van der Waals surface area contributed by atoms with Gasteiger partial charge in [-0.1, -0.05) is 18.6 Å². The van der Waals surface area contributed by atoms with Crippen molar-refractivity contribution in [2.45, 2.75) is 25.7 Å². The van der Waals surface area contributed by atoms with Crippen molar-refractivity contribution >= 4 is 5.91 Å². The van der Waals surface area contributed by atoms with E-state index in [1.165, 1.54) is 25.7 Å². The van der Waals surface area contributed by atoms with Gasteiger partial charge in [0.25, 0.3) is 5.91 Å². The third kappa shape index (κ3) is 2.35. The number of fused-ring (bicyclic) bond motifs is 2. The smallest absolute Gasteiger partial charge is 0.255 e. The van der Waals surface area contributed by atoms with Gasteiger partial charge < -0.3 is 4.90 Å². The largest absolute Gasteiger partial charge is 0.338 e. The second kappa shape index (κ2) is 5.05. The Morgan fingerprint density at radius 1 is 1.21 bits per heavy atom. The molecule has 98 valence electrons. The van der Waals surface area contributed by atoms with Crippen molar-refractivity contribution in [2.24, 2.45) is 11.8 Å². The van der Waals surface area contributed by atoms with Gasteiger partial charge in [-0.3, -0.25) is 4.79 Å². The number of nitrogens with zero attached hydrogens (tertiary/aromatic N) is 2. The van der Waals surface area contributed by atoms with Crippen LogP contribution in [0.15, 0.2) is 24.3 Å². The normalized spacial score (nSPS) is 25.7. The number of amides is 1. The Morgan fingerprint density at radius 2 is 1.89 bits per heavy atom. The van der Waals surface area contributed by atoms with E-state index in [2.05, 4.69) is 6.07 Å². The Kier molecular flexibility index (Phi) is 3.25. The van der Waals surface area contributed by atoms with Crippen LogP contribution in [-0.2, 0) is 0 Å². The summed E-state index contributed by atoms with van der Waals surface area (Å²) in [6.45, 7) is 1.74. The quantitative estimate of drug-likeness (QED) is 0.773. The minimum atomic E-state index is 0.0359. The van der Waals surface area contributed by atoms with Crippen molar-refractivity contribution in [3.05, 3.63) is 35.4 Å². The molecule has 1 heterocycles. The van der Waals surface area contributed by atoms with Crippen molar-refractivity contribution in [3.8, 4) is 6.07 Å². The molecule has 3 heteroatoms. The Labute approximate surface area is 113 Å². The molecule has 1 aromatic rings. The monoisotopic (exact) mass is 254 g/mol. The zero-order chi connectivity index (χ0) is 13.2. The van der Waals surface area contributed by atoms with E-state index in [9.17, 15) is 4.79 Å². The zero-order valence-corrected chi connectivity index (χ0v) is 11.0. The molecule has 1 amide bonds. The summed E-state index contributed by atoms with van der Waals surface area (Å²) in [5.41, 5.74) is 1.05. The van der Waals surface area contributed by atoms with Crippen LogP contribution < -0.4 is 0 Å². The van der Waals surface area contributed by atoms with Crippen molar-refractivity contribution in [3.63, 3.8) is 0 Å². The van der Waals surface area contributed by atoms with Crippen LogP contribution in [0.2, 0.25) is 0 Å². The highest BCUT2D eigenvalue weighted by Gasteiger charge is 2.33. The van der Waals surface area contributed by atoms with Crippen LogP contribution in [0.25, 0.3) is 0 Å². The fourth-order valence-electron chi connectivity index (χ4n) is 3.54. The minimum Gasteiger partial charge on any atom is -0.338 e. The molecule has 2 bridgehead atoms. The molecule has 1 saturated carbocycles. The first-order chi connectivity index (χ1) is 9.28. The van der Waals surface area contributed by atoms with Crippen LogP contribution in [0, 0.1) is 23.2 Å². The van der Waals surface area contributed by atoms with Crippen molar-refractivity contribution < 1.29 is 4.79 Å². The summed E-state index contributed by atoms with van der Waals surface area (Å²) >= 11 is 0. The van der Waals surface area contributed by atoms with Crippen molar-refractivity contribution in [1.29, 1.82) is 5.26 Å². The predicted molar refractivity (Wildman–Crippen MR) is 72.5 cm³/mol. The average Bonchev–Trinajstić information content (AvgIpc) is 2.46. The number of rotatable bonds is 1. The fraction of sp³-hybridized carbons (Fsp3) is 0.500. The summed E-state index contributed by atoms with van der Waals surface area (Å²) < 4.78 is 0. The lowest BCUT2D eigenvalue weighted by Gasteiger charge is -2.41. The summed E-state index contributed by atoms with van der Waals surface area (Å²) in [5.74, 6) is 1.38. The van der Waals surface area contributed by atoms with Gasteiger partial charge in [0.05, 0.1) is 17.2 Å². The van der Waals surface area contributed by atoms with E-state index < -0.39 is 0 Å². The first-order valence-electron chi connectivity index (χ1n) is 7.06. The predicted octanol–water partition coefficient (Wildman–Crippen LogP) is 2.82. The van der Waals surface area contributed by atoms with E-state index in [4.69, 9.17) is 5.26 Å². The van der Waals surface area contributed by atoms with Gasteiger partial charge in [0.1, 0.15) is 0 Å². The molecule has 1 aliphatic heterocycles. The lowest BCUT2D eigenvalue weighted by molar-refractivity contribution is 0.0504. The summed E-state index contributed by atoms with van der Waals surface area (Å²) in [5, 5.41) is 9.11. The Hall–Kier alpha value is -1.82. The number of likely N-dealkylation sites (tertiary alicyclic amines) is 1. The van der Waals surface area contributed by atoms with Crippen LogP contribution in [0.4, 0.5) is 0 Å². The number of hydrogen-bond donors (Lipinski definition) is 0. The van der Waals surface area contributed by atoms with E-state index in [0.717, 1.165) is 13.1 Å². The Balaban J connectivity index is 1.82. The highest BCUT2D eigenvalue weighted by atomic mass is 16.2. The van der Waals surface area contributed by atoms with Crippen LogP contribution >= 0.6 is 0 Å². The molecular formula is C16H18N2O. The van der Waals surface area contributed by atoms with Crippen LogP contribution in [0.5, 0.6) is 0 Å². The molecule has 2 atom stereocenters. The van der Waals surface area contributed by atoms with E-state index in [-0.39, 0.29) is 5.91 Å². The van der Waals surface area contributed by atoms with Gasteiger partial charge in [-0.05, 0) is 43.2 Å². The summed E-state index contributed by atoms with van der Waals surface area (Å²) in [6, 6.07) is 9.25. The second-order valence-corrected chi connectivity index (χ2v) is 5.77. The van der Waals surface area contributed by atoms with Crippen LogP contribution in [0.1, 0.15) is 41.6 Å². The van der Waals surface area contributed by atoms with Gasteiger partial charge in [-0.2, -0.15) is 5.26 Å². The SMILES string of the molecule is N#Cc1ccccc1C(=O)N1CC2CCCC(C2)C1. The number of piperidine rings is 1. The molecule has 0 spiro atoms. The number of benzene rings is 1. The molecule has 1 aromatic carbocycles. The average molecular weight is 254 g/mol. The summed E-state index contributed by atoms with van der Waals surface area (Å²) in [6.07, 6.45) is 5.09. The molecule has 1 saturated heterocycles. The lowest BCUT2D eigenvalue weighted by Crippen LogP contribution is -2.45. The maximum Gasteiger partial charge on any atom is 0.255 e. The highest BCUT2D eigenvalue weighted by molar-refractivity contribution is 5.96. The van der Waals surface area contributed by atoms with E-state index in [1.807, 2.05) is 11.0 Å². The van der Waals surface area contributed by atoms with Gasteiger partial charge >= 0.3 is 0 Å². The maximum absolute atomic E-state index is 12.6. The molecule has 3 rings (SSSR count). The van der Waals surface area contributed by atoms with Gasteiger partial charge in [0.2, 0.25) is 0 Å². The molecule has 2 fully saturated rings. The van der Waals surface area contributed by atoms with Crippen molar-refractivity contribution in [1.82, 2.24) is 4.90 Å². The molecule has 0 radical (unpaired) electrons. The highest BCUT2D eigenvalue weighted by Crippen LogP contribution is 2.34. The summed E-state index contributed by atoms with van der Waals surface area (Å²) in [7, 11) is 0. The maximum atomic E-state index is 12.6. The van der Waals surface area contributed by atoms with E-state index >= 15 is 0 Å². The van der Waals surface area contributed by atoms with Gasteiger partial charge in [-0.25, -0.2) is 0 Å². The third-order valence-electron chi connectivity index (χ3n) is 4.41. The first-order valence-corrected chi connectivity index (χ1v) is 7.06. The third-order valence-corrected chi connectivity index (χ3v) is 4.41. The zero-order valence-electron chi connectivity index (χ0n) is 11.0. The standard InChI is InChI=1S/C16H18N2O/c17-9-14-6-1-2-7-15(14)16(19)18-10-12-4-3-5-13(8-12)11-18/h1-2,6-7,12-13H,3-5,8,10-11H2. The van der Waals surface area contributed by atoms with E-state index in [1.54, 1.807) is 18.2 Å². The molecule has 1 aliphatic carbocycles. The molecule has 19 heavy (non-hydrogen) atoms. The summed E-state index contributed by atoms with van der Waals surface area (Å²) in [4.78, 5) is 14.6. The molecule has 3 nitrogen and oxygen atoms in total. The second-order valence-electron chi connectivity index (χ2n) is 5.77.